The van der Waals surface area contributed by atoms with Crippen molar-refractivity contribution in [1.29, 1.82) is 0 Å². The minimum absolute atomic E-state index is 0.0986. The maximum Gasteiger partial charge on any atom is 0.323 e. The SMILES string of the molecule is CC1CCCC(N(CC(=O)O)c2ccccc2)C1. The Morgan fingerprint density at radius 1 is 1.33 bits per heavy atom. The number of carbonyl (C=O) groups is 1. The lowest BCUT2D eigenvalue weighted by Crippen LogP contribution is -2.41. The summed E-state index contributed by atoms with van der Waals surface area (Å²) in [6.07, 6.45) is 4.68. The average Bonchev–Trinajstić information content (AvgIpc) is 2.37. The molecule has 18 heavy (non-hydrogen) atoms. The smallest absolute Gasteiger partial charge is 0.323 e. The van der Waals surface area contributed by atoms with Gasteiger partial charge >= 0.3 is 5.97 Å². The molecule has 1 aromatic rings. The minimum Gasteiger partial charge on any atom is -0.480 e. The highest BCUT2D eigenvalue weighted by Gasteiger charge is 2.26. The van der Waals surface area contributed by atoms with Gasteiger partial charge in [0.1, 0.15) is 6.54 Å². The third kappa shape index (κ3) is 3.25. The second kappa shape index (κ2) is 5.89. The monoisotopic (exact) mass is 247 g/mol. The summed E-state index contributed by atoms with van der Waals surface area (Å²) in [7, 11) is 0. The van der Waals surface area contributed by atoms with Crippen molar-refractivity contribution in [2.45, 2.75) is 38.6 Å². The molecule has 0 saturated heterocycles. The predicted octanol–water partition coefficient (Wildman–Crippen LogP) is 3.16. The summed E-state index contributed by atoms with van der Waals surface area (Å²) in [5.41, 5.74) is 1.03. The van der Waals surface area contributed by atoms with Gasteiger partial charge in [-0.25, -0.2) is 0 Å². The molecule has 1 aliphatic carbocycles. The van der Waals surface area contributed by atoms with Crippen LogP contribution in [0, 0.1) is 5.92 Å². The first-order valence-electron chi connectivity index (χ1n) is 6.70. The fourth-order valence-electron chi connectivity index (χ4n) is 2.88. The van der Waals surface area contributed by atoms with Crippen LogP contribution in [-0.2, 0) is 4.79 Å². The van der Waals surface area contributed by atoms with E-state index in [4.69, 9.17) is 5.11 Å². The van der Waals surface area contributed by atoms with E-state index < -0.39 is 5.97 Å². The second-order valence-corrected chi connectivity index (χ2v) is 5.28. The van der Waals surface area contributed by atoms with E-state index in [-0.39, 0.29) is 6.54 Å². The fraction of sp³-hybridized carbons (Fsp3) is 0.533. The summed E-state index contributed by atoms with van der Waals surface area (Å²) in [6, 6.07) is 10.3. The topological polar surface area (TPSA) is 40.5 Å². The van der Waals surface area contributed by atoms with Crippen LogP contribution < -0.4 is 4.90 Å². The Morgan fingerprint density at radius 3 is 2.67 bits per heavy atom. The van der Waals surface area contributed by atoms with Crippen molar-refractivity contribution in [3.63, 3.8) is 0 Å². The number of nitrogens with zero attached hydrogens (tertiary/aromatic N) is 1. The first-order chi connectivity index (χ1) is 8.66. The number of aliphatic carboxylic acids is 1. The summed E-state index contributed by atoms with van der Waals surface area (Å²) in [5, 5.41) is 9.10. The van der Waals surface area contributed by atoms with Crippen molar-refractivity contribution < 1.29 is 9.90 Å². The van der Waals surface area contributed by atoms with Crippen LogP contribution in [0.5, 0.6) is 0 Å². The van der Waals surface area contributed by atoms with Gasteiger partial charge in [-0.3, -0.25) is 4.79 Å². The van der Waals surface area contributed by atoms with Crippen LogP contribution in [-0.4, -0.2) is 23.7 Å². The molecule has 2 atom stereocenters. The highest BCUT2D eigenvalue weighted by atomic mass is 16.4. The normalized spacial score (nSPS) is 23.6. The lowest BCUT2D eigenvalue weighted by molar-refractivity contribution is -0.135. The molecule has 1 saturated carbocycles. The molecule has 2 rings (SSSR count). The third-order valence-corrected chi connectivity index (χ3v) is 3.74. The molecular weight excluding hydrogens is 226 g/mol. The van der Waals surface area contributed by atoms with Crippen molar-refractivity contribution in [2.24, 2.45) is 5.92 Å². The van der Waals surface area contributed by atoms with Gasteiger partial charge in [-0.05, 0) is 30.9 Å². The highest BCUT2D eigenvalue weighted by Crippen LogP contribution is 2.30. The number of benzene rings is 1. The van der Waals surface area contributed by atoms with Gasteiger partial charge in [0.25, 0.3) is 0 Å². The maximum absolute atomic E-state index is 11.1. The van der Waals surface area contributed by atoms with E-state index in [0.717, 1.165) is 18.5 Å². The largest absolute Gasteiger partial charge is 0.480 e. The van der Waals surface area contributed by atoms with Crippen molar-refractivity contribution in [3.05, 3.63) is 30.3 Å². The molecule has 3 nitrogen and oxygen atoms in total. The Labute approximate surface area is 108 Å². The molecule has 0 heterocycles. The molecule has 0 amide bonds. The Kier molecular flexibility index (Phi) is 4.24. The van der Waals surface area contributed by atoms with Gasteiger partial charge < -0.3 is 10.0 Å². The average molecular weight is 247 g/mol. The molecule has 1 aliphatic rings. The Hall–Kier alpha value is -1.51. The zero-order chi connectivity index (χ0) is 13.0. The van der Waals surface area contributed by atoms with Gasteiger partial charge in [0.2, 0.25) is 0 Å². The number of anilines is 1. The number of rotatable bonds is 4. The van der Waals surface area contributed by atoms with Crippen LogP contribution in [0.4, 0.5) is 5.69 Å². The van der Waals surface area contributed by atoms with E-state index in [1.54, 1.807) is 0 Å². The molecule has 0 bridgehead atoms. The first-order valence-corrected chi connectivity index (χ1v) is 6.70. The lowest BCUT2D eigenvalue weighted by atomic mass is 9.86. The van der Waals surface area contributed by atoms with Crippen LogP contribution in [0.15, 0.2) is 30.3 Å². The Morgan fingerprint density at radius 2 is 2.06 bits per heavy atom. The number of hydrogen-bond acceptors (Lipinski definition) is 2. The molecular formula is C15H21NO2. The van der Waals surface area contributed by atoms with Gasteiger partial charge in [0.15, 0.2) is 0 Å². The summed E-state index contributed by atoms with van der Waals surface area (Å²) >= 11 is 0. The molecule has 0 spiro atoms. The second-order valence-electron chi connectivity index (χ2n) is 5.28. The summed E-state index contributed by atoms with van der Waals surface area (Å²) in [4.78, 5) is 13.1. The van der Waals surface area contributed by atoms with Crippen LogP contribution in [0.1, 0.15) is 32.6 Å². The van der Waals surface area contributed by atoms with Gasteiger partial charge in [-0.1, -0.05) is 38.0 Å². The molecule has 0 radical (unpaired) electrons. The lowest BCUT2D eigenvalue weighted by Gasteiger charge is -2.37. The molecule has 1 aromatic carbocycles. The van der Waals surface area contributed by atoms with E-state index in [1.807, 2.05) is 30.3 Å². The molecule has 98 valence electrons. The molecule has 3 heteroatoms. The number of para-hydroxylation sites is 1. The van der Waals surface area contributed by atoms with E-state index in [9.17, 15) is 4.79 Å². The van der Waals surface area contributed by atoms with Gasteiger partial charge in [-0.15, -0.1) is 0 Å². The Balaban J connectivity index is 2.16. The van der Waals surface area contributed by atoms with E-state index >= 15 is 0 Å². The van der Waals surface area contributed by atoms with E-state index in [1.165, 1.54) is 12.8 Å². The van der Waals surface area contributed by atoms with Gasteiger partial charge in [-0.2, -0.15) is 0 Å². The van der Waals surface area contributed by atoms with Crippen molar-refractivity contribution in [1.82, 2.24) is 0 Å². The van der Waals surface area contributed by atoms with Crippen molar-refractivity contribution in [3.8, 4) is 0 Å². The Bertz CT molecular complexity index is 391. The molecule has 0 aliphatic heterocycles. The van der Waals surface area contributed by atoms with Crippen molar-refractivity contribution in [2.75, 3.05) is 11.4 Å². The zero-order valence-electron chi connectivity index (χ0n) is 10.9. The zero-order valence-corrected chi connectivity index (χ0v) is 10.9. The summed E-state index contributed by atoms with van der Waals surface area (Å²) < 4.78 is 0. The van der Waals surface area contributed by atoms with E-state index in [0.29, 0.717) is 12.0 Å². The standard InChI is InChI=1S/C15H21NO2/c1-12-6-5-9-14(10-12)16(11-15(17)18)13-7-3-2-4-8-13/h2-4,7-8,12,14H,5-6,9-11H2,1H3,(H,17,18). The van der Waals surface area contributed by atoms with E-state index in [2.05, 4.69) is 11.8 Å². The summed E-state index contributed by atoms with van der Waals surface area (Å²) in [5.74, 6) is -0.0548. The number of carboxylic acids is 1. The molecule has 1 fully saturated rings. The first kappa shape index (κ1) is 12.9. The summed E-state index contributed by atoms with van der Waals surface area (Å²) in [6.45, 7) is 2.36. The maximum atomic E-state index is 11.1. The molecule has 2 unspecified atom stereocenters. The quantitative estimate of drug-likeness (QED) is 0.888. The van der Waals surface area contributed by atoms with Gasteiger partial charge in [0, 0.05) is 11.7 Å². The fourth-order valence-corrected chi connectivity index (χ4v) is 2.88. The highest BCUT2D eigenvalue weighted by molar-refractivity contribution is 5.74. The van der Waals surface area contributed by atoms with Crippen LogP contribution in [0.3, 0.4) is 0 Å². The molecule has 1 N–H and O–H groups in total. The predicted molar refractivity (Wildman–Crippen MR) is 72.8 cm³/mol. The van der Waals surface area contributed by atoms with Gasteiger partial charge in [0.05, 0.1) is 0 Å². The van der Waals surface area contributed by atoms with Crippen LogP contribution in [0.25, 0.3) is 0 Å². The number of carboxylic acid groups (broad SMARTS) is 1. The molecule has 0 aromatic heterocycles. The van der Waals surface area contributed by atoms with Crippen LogP contribution >= 0.6 is 0 Å². The van der Waals surface area contributed by atoms with Crippen molar-refractivity contribution >= 4 is 11.7 Å². The number of hydrogen-bond donors (Lipinski definition) is 1. The minimum atomic E-state index is -0.753. The third-order valence-electron chi connectivity index (χ3n) is 3.74. The van der Waals surface area contributed by atoms with Crippen LogP contribution in [0.2, 0.25) is 0 Å².